The minimum atomic E-state index is 0.324. The van der Waals surface area contributed by atoms with Crippen molar-refractivity contribution < 1.29 is 4.42 Å². The lowest BCUT2D eigenvalue weighted by atomic mass is 9.85. The Hall–Kier alpha value is -2.09. The number of nitrogen functional groups attached to an aromatic ring is 1. The second-order valence-corrected chi connectivity index (χ2v) is 4.74. The Kier molecular flexibility index (Phi) is 2.63. The van der Waals surface area contributed by atoms with Crippen LogP contribution in [0, 0.1) is 11.3 Å². The molecule has 2 N–H and O–H groups in total. The van der Waals surface area contributed by atoms with Gasteiger partial charge in [-0.25, -0.2) is 9.97 Å². The lowest BCUT2D eigenvalue weighted by molar-refractivity contribution is 0.435. The van der Waals surface area contributed by atoms with Gasteiger partial charge in [0, 0.05) is 5.92 Å². The van der Waals surface area contributed by atoms with Crippen molar-refractivity contribution in [3.05, 3.63) is 17.7 Å². The Bertz CT molecular complexity index is 620. The largest absolute Gasteiger partial charge is 0.425 e. The molecule has 0 amide bonds. The van der Waals surface area contributed by atoms with Crippen LogP contribution in [0.4, 0.5) is 5.69 Å². The average Bonchev–Trinajstić information content (AvgIpc) is 2.88. The molecule has 1 aliphatic carbocycles. The maximum atomic E-state index is 9.30. The van der Waals surface area contributed by atoms with E-state index in [1.807, 2.05) is 0 Å². The molecular weight excluding hydrogens is 228 g/mol. The Labute approximate surface area is 105 Å². The Morgan fingerprint density at radius 1 is 1.33 bits per heavy atom. The minimum Gasteiger partial charge on any atom is -0.425 e. The molecule has 0 unspecified atom stereocenters. The topological polar surface area (TPSA) is 88.7 Å². The summed E-state index contributed by atoms with van der Waals surface area (Å²) in [5.41, 5.74) is 8.59. The Morgan fingerprint density at radius 3 is 2.83 bits per heavy atom. The predicted molar refractivity (Wildman–Crippen MR) is 66.8 cm³/mol. The maximum absolute atomic E-state index is 9.30. The molecule has 5 nitrogen and oxygen atoms in total. The zero-order valence-corrected chi connectivity index (χ0v) is 10.0. The third-order valence-electron chi connectivity index (χ3n) is 3.65. The minimum absolute atomic E-state index is 0.324. The first kappa shape index (κ1) is 11.0. The zero-order valence-electron chi connectivity index (χ0n) is 10.0. The van der Waals surface area contributed by atoms with E-state index in [0.29, 0.717) is 28.4 Å². The molecule has 2 heterocycles. The molecule has 2 aromatic heterocycles. The third kappa shape index (κ3) is 1.61. The van der Waals surface area contributed by atoms with E-state index in [-0.39, 0.29) is 0 Å². The molecule has 2 aromatic rings. The van der Waals surface area contributed by atoms with Gasteiger partial charge in [-0.2, -0.15) is 5.26 Å². The fourth-order valence-corrected chi connectivity index (χ4v) is 2.71. The second-order valence-electron chi connectivity index (χ2n) is 4.74. The lowest BCUT2D eigenvalue weighted by Gasteiger charge is -2.22. The molecule has 18 heavy (non-hydrogen) atoms. The maximum Gasteiger partial charge on any atom is 0.249 e. The summed E-state index contributed by atoms with van der Waals surface area (Å²) in [6, 6.07) is 2.17. The van der Waals surface area contributed by atoms with Crippen molar-refractivity contribution in [1.29, 1.82) is 5.26 Å². The van der Waals surface area contributed by atoms with Crippen LogP contribution in [-0.2, 0) is 0 Å². The van der Waals surface area contributed by atoms with Crippen molar-refractivity contribution in [1.82, 2.24) is 9.97 Å². The van der Waals surface area contributed by atoms with Gasteiger partial charge in [-0.1, -0.05) is 19.3 Å². The number of anilines is 1. The zero-order chi connectivity index (χ0) is 12.5. The van der Waals surface area contributed by atoms with Crippen molar-refractivity contribution in [3.8, 4) is 6.07 Å². The molecule has 0 aliphatic heterocycles. The lowest BCUT2D eigenvalue weighted by Crippen LogP contribution is -2.10. The molecular formula is C13H14N4O. The van der Waals surface area contributed by atoms with E-state index in [1.54, 1.807) is 0 Å². The molecule has 1 saturated carbocycles. The monoisotopic (exact) mass is 242 g/mol. The number of rotatable bonds is 1. The SMILES string of the molecule is N#Cc1c(C2CCCCC2)nc2ocnc2c1N. The summed E-state index contributed by atoms with van der Waals surface area (Å²) < 4.78 is 5.22. The summed E-state index contributed by atoms with van der Waals surface area (Å²) in [4.78, 5) is 8.47. The van der Waals surface area contributed by atoms with Gasteiger partial charge in [0.15, 0.2) is 11.9 Å². The Balaban J connectivity index is 2.17. The van der Waals surface area contributed by atoms with Gasteiger partial charge in [0.05, 0.1) is 16.9 Å². The molecule has 0 bridgehead atoms. The van der Waals surface area contributed by atoms with Gasteiger partial charge in [0.2, 0.25) is 5.71 Å². The quantitative estimate of drug-likeness (QED) is 0.830. The third-order valence-corrected chi connectivity index (χ3v) is 3.65. The number of oxazole rings is 1. The standard InChI is InChI=1S/C13H14N4O/c14-6-9-10(15)12-13(18-7-16-12)17-11(9)8-4-2-1-3-5-8/h7-8H,1-5H2,(H2,15,17). The van der Waals surface area contributed by atoms with E-state index in [0.717, 1.165) is 18.5 Å². The highest BCUT2D eigenvalue weighted by Gasteiger charge is 2.24. The van der Waals surface area contributed by atoms with Gasteiger partial charge in [-0.05, 0) is 12.8 Å². The van der Waals surface area contributed by atoms with Crippen LogP contribution in [0.2, 0.25) is 0 Å². The van der Waals surface area contributed by atoms with Crippen LogP contribution in [0.25, 0.3) is 11.2 Å². The van der Waals surface area contributed by atoms with Crippen molar-refractivity contribution in [2.45, 2.75) is 38.0 Å². The summed E-state index contributed by atoms with van der Waals surface area (Å²) >= 11 is 0. The number of aromatic nitrogens is 2. The number of nitriles is 1. The smallest absolute Gasteiger partial charge is 0.249 e. The first-order valence-corrected chi connectivity index (χ1v) is 6.24. The summed E-state index contributed by atoms with van der Waals surface area (Å²) in [6.07, 6.45) is 7.09. The van der Waals surface area contributed by atoms with Gasteiger partial charge in [0.1, 0.15) is 6.07 Å². The number of nitrogens with zero attached hydrogens (tertiary/aromatic N) is 3. The highest BCUT2D eigenvalue weighted by Crippen LogP contribution is 2.36. The second kappa shape index (κ2) is 4.30. The number of fused-ring (bicyclic) bond motifs is 1. The van der Waals surface area contributed by atoms with Crippen LogP contribution in [0.5, 0.6) is 0 Å². The fraction of sp³-hybridized carbons (Fsp3) is 0.462. The van der Waals surface area contributed by atoms with E-state index in [2.05, 4.69) is 16.0 Å². The predicted octanol–water partition coefficient (Wildman–Crippen LogP) is 2.72. The first-order chi connectivity index (χ1) is 8.81. The van der Waals surface area contributed by atoms with Crippen LogP contribution in [0.3, 0.4) is 0 Å². The molecule has 0 aromatic carbocycles. The van der Waals surface area contributed by atoms with Crippen molar-refractivity contribution in [2.24, 2.45) is 0 Å². The molecule has 1 aliphatic rings. The number of hydrogen-bond acceptors (Lipinski definition) is 5. The van der Waals surface area contributed by atoms with Gasteiger partial charge < -0.3 is 10.2 Å². The van der Waals surface area contributed by atoms with E-state index < -0.39 is 0 Å². The molecule has 0 spiro atoms. The number of hydrogen-bond donors (Lipinski definition) is 1. The molecule has 3 rings (SSSR count). The average molecular weight is 242 g/mol. The summed E-state index contributed by atoms with van der Waals surface area (Å²) in [7, 11) is 0. The van der Waals surface area contributed by atoms with E-state index >= 15 is 0 Å². The first-order valence-electron chi connectivity index (χ1n) is 6.24. The summed E-state index contributed by atoms with van der Waals surface area (Å²) in [6.45, 7) is 0. The molecule has 5 heteroatoms. The highest BCUT2D eigenvalue weighted by molar-refractivity contribution is 5.86. The van der Waals surface area contributed by atoms with Crippen LogP contribution >= 0.6 is 0 Å². The van der Waals surface area contributed by atoms with Crippen molar-refractivity contribution in [2.75, 3.05) is 5.73 Å². The summed E-state index contributed by atoms with van der Waals surface area (Å²) in [5.74, 6) is 0.324. The van der Waals surface area contributed by atoms with Gasteiger partial charge in [0.25, 0.3) is 0 Å². The molecule has 0 atom stereocenters. The van der Waals surface area contributed by atoms with Gasteiger partial charge in [-0.15, -0.1) is 0 Å². The van der Waals surface area contributed by atoms with Crippen LogP contribution < -0.4 is 5.73 Å². The highest BCUT2D eigenvalue weighted by atomic mass is 16.3. The molecule has 0 radical (unpaired) electrons. The van der Waals surface area contributed by atoms with E-state index in [1.165, 1.54) is 25.7 Å². The molecule has 0 saturated heterocycles. The molecule has 1 fully saturated rings. The van der Waals surface area contributed by atoms with Crippen molar-refractivity contribution in [3.63, 3.8) is 0 Å². The summed E-state index contributed by atoms with van der Waals surface area (Å²) in [5, 5.41) is 9.30. The van der Waals surface area contributed by atoms with E-state index in [9.17, 15) is 5.26 Å². The van der Waals surface area contributed by atoms with Crippen LogP contribution in [0.15, 0.2) is 10.8 Å². The normalized spacial score (nSPS) is 16.8. The van der Waals surface area contributed by atoms with Crippen LogP contribution in [-0.4, -0.2) is 9.97 Å². The molecule has 92 valence electrons. The van der Waals surface area contributed by atoms with Gasteiger partial charge >= 0.3 is 0 Å². The van der Waals surface area contributed by atoms with Crippen LogP contribution in [0.1, 0.15) is 49.3 Å². The van der Waals surface area contributed by atoms with Crippen molar-refractivity contribution >= 4 is 16.9 Å². The van der Waals surface area contributed by atoms with Gasteiger partial charge in [-0.3, -0.25) is 0 Å². The number of pyridine rings is 1. The fourth-order valence-electron chi connectivity index (χ4n) is 2.71. The van der Waals surface area contributed by atoms with E-state index in [4.69, 9.17) is 10.2 Å². The number of nitrogens with two attached hydrogens (primary N) is 1. The Morgan fingerprint density at radius 2 is 2.11 bits per heavy atom.